The molecular formula is C69H76N8O19. The zero-order valence-corrected chi connectivity index (χ0v) is 53.7. The predicted octanol–water partition coefficient (Wildman–Crippen LogP) is 5.10. The van der Waals surface area contributed by atoms with Crippen molar-refractivity contribution in [2.75, 3.05) is 18.1 Å². The number of carbonyl (C=O) groups excluding carboxylic acids is 7. The van der Waals surface area contributed by atoms with E-state index in [0.29, 0.717) is 28.8 Å². The molecule has 3 fully saturated rings. The number of aliphatic hydroxyl groups is 3. The van der Waals surface area contributed by atoms with Gasteiger partial charge in [0.15, 0.2) is 40.6 Å². The third-order valence-corrected chi connectivity index (χ3v) is 18.8. The summed E-state index contributed by atoms with van der Waals surface area (Å²) in [6.07, 6.45) is -8.12. The molecule has 506 valence electrons. The van der Waals surface area contributed by atoms with Crippen molar-refractivity contribution < 1.29 is 92.4 Å². The third kappa shape index (κ3) is 14.0. The Morgan fingerprint density at radius 1 is 0.760 bits per heavy atom. The van der Waals surface area contributed by atoms with Crippen molar-refractivity contribution in [1.29, 1.82) is 0 Å². The number of amides is 2. The minimum Gasteiger partial charge on any atom is -0.481 e. The highest BCUT2D eigenvalue weighted by Gasteiger charge is 2.78. The number of aromatic nitrogens is 4. The summed E-state index contributed by atoms with van der Waals surface area (Å²) in [7, 11) is 0. The fraction of sp³-hybridized carbons (Fsp3) is 0.406. The fourth-order valence-electron chi connectivity index (χ4n) is 13.7. The van der Waals surface area contributed by atoms with Crippen LogP contribution in [0.15, 0.2) is 133 Å². The Hall–Kier alpha value is -10.1. The van der Waals surface area contributed by atoms with Crippen LogP contribution in [0.25, 0.3) is 11.2 Å². The molecule has 0 radical (unpaired) electrons. The monoisotopic (exact) mass is 1320 g/mol. The normalized spacial score (nSPS) is 25.1. The molecule has 96 heavy (non-hydrogen) atoms. The van der Waals surface area contributed by atoms with Crippen molar-refractivity contribution in [3.05, 3.63) is 166 Å². The van der Waals surface area contributed by atoms with Crippen LogP contribution in [0.1, 0.15) is 140 Å². The molecule has 3 heterocycles. The van der Waals surface area contributed by atoms with Gasteiger partial charge >= 0.3 is 35.8 Å². The number of carbonyl (C=O) groups is 9. The maximum absolute atomic E-state index is 15.5. The number of hydrogen-bond acceptors (Lipinski definition) is 23. The molecule has 0 spiro atoms. The van der Waals surface area contributed by atoms with Gasteiger partial charge in [-0.2, -0.15) is 9.97 Å². The van der Waals surface area contributed by atoms with Gasteiger partial charge in [0.1, 0.15) is 30.0 Å². The van der Waals surface area contributed by atoms with Crippen molar-refractivity contribution in [2.24, 2.45) is 16.7 Å². The molecule has 1 saturated heterocycles. The Kier molecular flexibility index (Phi) is 20.8. The van der Waals surface area contributed by atoms with Crippen molar-refractivity contribution in [2.45, 2.75) is 153 Å². The number of Topliss-reactive ketones (excluding diaryl/α,β-unsaturated/α-hetero) is 1. The van der Waals surface area contributed by atoms with Crippen molar-refractivity contribution in [1.82, 2.24) is 30.6 Å². The SMILES string of the molecule is CC(=O)O[C@H]1C(=O)[C@@]2(C)[C@H]([C@H](OC(=O)c3ccccc3)[C@]3(O)C[C@H](OC(=O)[C@H](O)[C@@H](NC(=O)c4ccccc4)c4ccccc4)C(C)=C1C3(C)C)[C@]1(OC(C)=O)CO[C@@H]1C[C@@H]2O.CCC(Cc1cnc2nc(N)nc(N)c2n1)c1ccc(C(=O)N[C@@H](CCC(=O)O)C(=O)O)cc1. The molecule has 3 aliphatic carbocycles. The number of carboxylic acid groups (broad SMARTS) is 2. The van der Waals surface area contributed by atoms with Crippen LogP contribution in [0.2, 0.25) is 0 Å². The maximum atomic E-state index is 15.5. The first-order chi connectivity index (χ1) is 45.4. The van der Waals surface area contributed by atoms with Crippen LogP contribution in [0.3, 0.4) is 0 Å². The van der Waals surface area contributed by atoms with Crippen LogP contribution in [0.5, 0.6) is 0 Å². The van der Waals surface area contributed by atoms with E-state index in [1.54, 1.807) is 123 Å². The van der Waals surface area contributed by atoms with Crippen molar-refractivity contribution >= 4 is 76.3 Å². The second-order valence-electron chi connectivity index (χ2n) is 25.1. The summed E-state index contributed by atoms with van der Waals surface area (Å²) < 4.78 is 30.3. The first-order valence-electron chi connectivity index (χ1n) is 31.0. The van der Waals surface area contributed by atoms with Gasteiger partial charge in [-0.15, -0.1) is 0 Å². The van der Waals surface area contributed by atoms with Gasteiger partial charge in [-0.25, -0.2) is 24.4 Å². The van der Waals surface area contributed by atoms with Gasteiger partial charge in [0.25, 0.3) is 11.8 Å². The van der Waals surface area contributed by atoms with Gasteiger partial charge in [-0.05, 0) is 97.7 Å². The number of benzene rings is 4. The largest absolute Gasteiger partial charge is 0.481 e. The molecule has 4 aromatic carbocycles. The number of nitrogen functional groups attached to an aromatic ring is 2. The highest BCUT2D eigenvalue weighted by atomic mass is 16.6. The summed E-state index contributed by atoms with van der Waals surface area (Å²) in [5.74, 6) is -9.60. The molecule has 11 N–H and O–H groups in total. The summed E-state index contributed by atoms with van der Waals surface area (Å²) >= 11 is 0. The summed E-state index contributed by atoms with van der Waals surface area (Å²) in [6.45, 7) is 10.0. The number of nitrogens with one attached hydrogen (secondary N) is 2. The van der Waals surface area contributed by atoms with Gasteiger partial charge in [0, 0.05) is 49.7 Å². The lowest BCUT2D eigenvalue weighted by Gasteiger charge is -2.67. The first-order valence-corrected chi connectivity index (χ1v) is 31.0. The van der Waals surface area contributed by atoms with Crippen LogP contribution < -0.4 is 22.1 Å². The van der Waals surface area contributed by atoms with Crippen LogP contribution in [-0.4, -0.2) is 159 Å². The first kappa shape index (κ1) is 70.2. The summed E-state index contributed by atoms with van der Waals surface area (Å²) in [5, 5.41) is 60.6. The van der Waals surface area contributed by atoms with Gasteiger partial charge in [-0.1, -0.05) is 99.6 Å². The third-order valence-electron chi connectivity index (χ3n) is 18.8. The topological polar surface area (TPSA) is 429 Å². The van der Waals surface area contributed by atoms with E-state index >= 15 is 4.79 Å². The van der Waals surface area contributed by atoms with Crippen LogP contribution in [-0.2, 0) is 58.9 Å². The molecule has 2 saturated carbocycles. The standard InChI is InChI=1S/C47H51NO14.C22H25N7O5/c1-25-31(60-43(56)36(52)35(28-16-10-7-11-17-28)48-41(54)29-18-12-8-13-19-29)23-47(57)40(61-42(55)30-20-14-9-15-21-30)38-45(6,32(51)22-33-46(38,24-58-33)62-27(3)50)39(53)37(59-26(2)49)34(25)44(47,4)5;1-2-11(9-14-10-25-19-17(26-14)18(23)28-22(24)29-19)12-3-5-13(6-4-12)20(32)27-15(21(33)34)7-8-16(30)31/h7-21,31-33,35-38,40,51-52,57H,22-24H2,1-6H3,(H,48,54);3-6,10-11,15H,2,7-9H2,1H3,(H,27,32)(H,30,31)(H,33,34)(H4,23,24,25,28,29)/t31-,32-,33+,35-,36+,37+,38-,40-,45+,46-,47+;11?,15-/m00/s1. The summed E-state index contributed by atoms with van der Waals surface area (Å²) in [6, 6.07) is 28.4. The summed E-state index contributed by atoms with van der Waals surface area (Å²) in [4.78, 5) is 135. The molecule has 4 aliphatic rings. The average molecular weight is 1320 g/mol. The Morgan fingerprint density at radius 3 is 1.94 bits per heavy atom. The second kappa shape index (κ2) is 28.5. The zero-order valence-electron chi connectivity index (χ0n) is 53.7. The Labute approximate surface area is 551 Å². The average Bonchev–Trinajstić information content (AvgIpc) is 0.670. The molecule has 1 aliphatic heterocycles. The Morgan fingerprint density at radius 2 is 1.36 bits per heavy atom. The number of fused-ring (bicyclic) bond motifs is 6. The molecule has 6 aromatic rings. The van der Waals surface area contributed by atoms with E-state index in [9.17, 15) is 58.8 Å². The smallest absolute Gasteiger partial charge is 0.338 e. The summed E-state index contributed by atoms with van der Waals surface area (Å²) in [5.41, 5.74) is 7.10. The molecule has 2 amide bonds. The molecule has 13 atom stereocenters. The molecule has 27 nitrogen and oxygen atoms in total. The Balaban J connectivity index is 0.000000268. The van der Waals surface area contributed by atoms with Gasteiger partial charge < -0.3 is 71.3 Å². The molecule has 27 heteroatoms. The number of aliphatic carboxylic acids is 2. The highest BCUT2D eigenvalue weighted by Crippen LogP contribution is 2.64. The lowest BCUT2D eigenvalue weighted by atomic mass is 9.44. The number of esters is 4. The minimum atomic E-state index is -2.39. The van der Waals surface area contributed by atoms with Crippen molar-refractivity contribution in [3.8, 4) is 0 Å². The maximum Gasteiger partial charge on any atom is 0.338 e. The number of ether oxygens (including phenoxy) is 5. The minimum absolute atomic E-state index is 0.00289. The number of carboxylic acids is 2. The van der Waals surface area contributed by atoms with E-state index in [-0.39, 0.29) is 71.4 Å². The molecule has 1 unspecified atom stereocenters. The molecule has 2 bridgehead atoms. The lowest BCUT2D eigenvalue weighted by Crippen LogP contribution is -2.82. The van der Waals surface area contributed by atoms with Gasteiger partial charge in [0.05, 0.1) is 47.5 Å². The van der Waals surface area contributed by atoms with E-state index in [0.717, 1.165) is 25.8 Å². The highest BCUT2D eigenvalue weighted by molar-refractivity contribution is 5.98. The number of hydrogen-bond donors (Lipinski definition) is 9. The molecular weight excluding hydrogens is 1240 g/mol. The molecule has 10 rings (SSSR count). The fourth-order valence-corrected chi connectivity index (χ4v) is 13.7. The van der Waals surface area contributed by atoms with Crippen LogP contribution in [0.4, 0.5) is 11.8 Å². The van der Waals surface area contributed by atoms with E-state index in [1.807, 2.05) is 6.92 Å². The van der Waals surface area contributed by atoms with Gasteiger partial charge in [-0.3, -0.25) is 28.8 Å². The van der Waals surface area contributed by atoms with E-state index in [2.05, 4.69) is 30.6 Å². The number of ketones is 1. The number of nitrogens with two attached hydrogens (primary N) is 2. The number of aliphatic hydroxyl groups excluding tert-OH is 2. The lowest BCUT2D eigenvalue weighted by molar-refractivity contribution is -0.346. The van der Waals surface area contributed by atoms with E-state index in [4.69, 9.17) is 40.3 Å². The number of nitrogens with zero attached hydrogens (tertiary/aromatic N) is 4. The number of rotatable bonds is 20. The van der Waals surface area contributed by atoms with E-state index in [1.165, 1.54) is 26.0 Å². The van der Waals surface area contributed by atoms with Gasteiger partial charge in [0.2, 0.25) is 5.95 Å². The van der Waals surface area contributed by atoms with Crippen molar-refractivity contribution in [3.63, 3.8) is 0 Å². The molecule has 2 aromatic heterocycles. The Bertz CT molecular complexity index is 3990. The van der Waals surface area contributed by atoms with Crippen LogP contribution >= 0.6 is 0 Å². The zero-order chi connectivity index (χ0) is 69.8. The van der Waals surface area contributed by atoms with E-state index < -0.39 is 136 Å². The second-order valence-corrected chi connectivity index (χ2v) is 25.1. The van der Waals surface area contributed by atoms with Crippen LogP contribution in [0, 0.1) is 16.7 Å². The quantitative estimate of drug-likeness (QED) is 0.0272. The number of anilines is 2. The predicted molar refractivity (Wildman–Crippen MR) is 341 cm³/mol.